The van der Waals surface area contributed by atoms with Crippen LogP contribution >= 0.6 is 0 Å². The van der Waals surface area contributed by atoms with E-state index in [-0.39, 0.29) is 0 Å². The summed E-state index contributed by atoms with van der Waals surface area (Å²) >= 11 is 0. The maximum atomic E-state index is 5.73. The average molecular weight is 437 g/mol. The standard InChI is InChI=1S/C24H32N6O2/c1-4-25-24(27-17-23-29-28-18-30(23)20-10-8-7-9-11-20)26-15-14-19-12-13-21(31-5-2)22(16-19)32-6-3/h7-13,16,18H,4-6,14-15,17H2,1-3H3,(H2,25,26,27). The molecule has 3 aromatic rings. The molecule has 0 bridgehead atoms. The van der Waals surface area contributed by atoms with Gasteiger partial charge in [-0.25, -0.2) is 4.99 Å². The Bertz CT molecular complexity index is 987. The zero-order chi connectivity index (χ0) is 22.6. The third kappa shape index (κ3) is 6.47. The van der Waals surface area contributed by atoms with Crippen LogP contribution in [0.5, 0.6) is 11.5 Å². The van der Waals surface area contributed by atoms with Crippen molar-refractivity contribution in [1.29, 1.82) is 0 Å². The maximum Gasteiger partial charge on any atom is 0.191 e. The molecule has 1 aromatic heterocycles. The molecule has 2 N–H and O–H groups in total. The summed E-state index contributed by atoms with van der Waals surface area (Å²) in [5.74, 6) is 3.09. The lowest BCUT2D eigenvalue weighted by molar-refractivity contribution is 0.287. The van der Waals surface area contributed by atoms with Crippen LogP contribution in [0.2, 0.25) is 0 Å². The quantitative estimate of drug-likeness (QED) is 0.354. The van der Waals surface area contributed by atoms with E-state index in [1.54, 1.807) is 6.33 Å². The van der Waals surface area contributed by atoms with Crippen LogP contribution in [0.25, 0.3) is 5.69 Å². The Balaban J connectivity index is 1.61. The summed E-state index contributed by atoms with van der Waals surface area (Å²) in [6.45, 7) is 9.13. The number of aromatic nitrogens is 3. The van der Waals surface area contributed by atoms with Gasteiger partial charge in [0.25, 0.3) is 0 Å². The van der Waals surface area contributed by atoms with Crippen molar-refractivity contribution in [2.45, 2.75) is 33.7 Å². The molecule has 170 valence electrons. The summed E-state index contributed by atoms with van der Waals surface area (Å²) in [6.07, 6.45) is 2.54. The predicted octanol–water partition coefficient (Wildman–Crippen LogP) is 3.36. The summed E-state index contributed by atoms with van der Waals surface area (Å²) in [4.78, 5) is 4.69. The summed E-state index contributed by atoms with van der Waals surface area (Å²) in [5, 5.41) is 15.0. The van der Waals surface area contributed by atoms with Gasteiger partial charge in [-0.15, -0.1) is 10.2 Å². The molecule has 0 aliphatic heterocycles. The van der Waals surface area contributed by atoms with Gasteiger partial charge in [0.05, 0.1) is 13.2 Å². The van der Waals surface area contributed by atoms with Gasteiger partial charge in [-0.3, -0.25) is 4.57 Å². The van der Waals surface area contributed by atoms with Gasteiger partial charge in [0, 0.05) is 18.8 Å². The van der Waals surface area contributed by atoms with Crippen LogP contribution in [0.15, 0.2) is 59.9 Å². The van der Waals surface area contributed by atoms with Crippen molar-refractivity contribution in [1.82, 2.24) is 25.4 Å². The highest BCUT2D eigenvalue weighted by molar-refractivity contribution is 5.79. The molecule has 0 unspecified atom stereocenters. The SMILES string of the molecule is CCNC(=NCc1nncn1-c1ccccc1)NCCc1ccc(OCC)c(OCC)c1. The van der Waals surface area contributed by atoms with Crippen molar-refractivity contribution < 1.29 is 9.47 Å². The number of benzene rings is 2. The maximum absolute atomic E-state index is 5.73. The highest BCUT2D eigenvalue weighted by atomic mass is 16.5. The molecule has 0 spiro atoms. The monoisotopic (exact) mass is 436 g/mol. The zero-order valence-electron chi connectivity index (χ0n) is 19.0. The van der Waals surface area contributed by atoms with Crippen LogP contribution in [-0.4, -0.2) is 47.0 Å². The topological polar surface area (TPSA) is 85.6 Å². The molecule has 3 rings (SSSR count). The Morgan fingerprint density at radius 2 is 1.75 bits per heavy atom. The van der Waals surface area contributed by atoms with Crippen molar-refractivity contribution in [2.75, 3.05) is 26.3 Å². The van der Waals surface area contributed by atoms with Gasteiger partial charge < -0.3 is 20.1 Å². The minimum atomic E-state index is 0.418. The van der Waals surface area contributed by atoms with Gasteiger partial charge in [-0.1, -0.05) is 24.3 Å². The van der Waals surface area contributed by atoms with E-state index in [0.29, 0.717) is 19.8 Å². The highest BCUT2D eigenvalue weighted by Gasteiger charge is 2.08. The van der Waals surface area contributed by atoms with Gasteiger partial charge in [0.1, 0.15) is 12.9 Å². The number of para-hydroxylation sites is 1. The minimum absolute atomic E-state index is 0.418. The molecule has 1 heterocycles. The molecule has 8 heteroatoms. The van der Waals surface area contributed by atoms with Crippen molar-refractivity contribution >= 4 is 5.96 Å². The van der Waals surface area contributed by atoms with Crippen molar-refractivity contribution in [3.05, 3.63) is 66.2 Å². The molecule has 0 amide bonds. The molecule has 0 fully saturated rings. The number of nitrogens with zero attached hydrogens (tertiary/aromatic N) is 4. The third-order valence-electron chi connectivity index (χ3n) is 4.69. The van der Waals surface area contributed by atoms with E-state index >= 15 is 0 Å². The number of hydrogen-bond acceptors (Lipinski definition) is 5. The van der Waals surface area contributed by atoms with Gasteiger partial charge in [0.15, 0.2) is 23.3 Å². The third-order valence-corrected chi connectivity index (χ3v) is 4.69. The molecule has 0 aliphatic rings. The van der Waals surface area contributed by atoms with E-state index < -0.39 is 0 Å². The molecule has 32 heavy (non-hydrogen) atoms. The Morgan fingerprint density at radius 3 is 2.50 bits per heavy atom. The number of nitrogens with one attached hydrogen (secondary N) is 2. The van der Waals surface area contributed by atoms with Crippen LogP contribution < -0.4 is 20.1 Å². The predicted molar refractivity (Wildman–Crippen MR) is 127 cm³/mol. The fourth-order valence-electron chi connectivity index (χ4n) is 3.24. The first-order chi connectivity index (χ1) is 15.7. The zero-order valence-corrected chi connectivity index (χ0v) is 19.0. The van der Waals surface area contributed by atoms with Crippen molar-refractivity contribution in [3.63, 3.8) is 0 Å². The average Bonchev–Trinajstić information content (AvgIpc) is 3.29. The van der Waals surface area contributed by atoms with Gasteiger partial charge in [-0.2, -0.15) is 0 Å². The normalized spacial score (nSPS) is 11.3. The largest absolute Gasteiger partial charge is 0.490 e. The second-order valence-corrected chi connectivity index (χ2v) is 6.97. The second kappa shape index (κ2) is 12.3. The first kappa shape index (κ1) is 23.1. The molecule has 0 saturated heterocycles. The summed E-state index contributed by atoms with van der Waals surface area (Å²) in [5.41, 5.74) is 2.19. The Kier molecular flexibility index (Phi) is 8.92. The lowest BCUT2D eigenvalue weighted by Crippen LogP contribution is -2.38. The number of ether oxygens (including phenoxy) is 2. The lowest BCUT2D eigenvalue weighted by atomic mass is 10.1. The van der Waals surface area contributed by atoms with Crippen LogP contribution in [0.1, 0.15) is 32.2 Å². The molecule has 0 radical (unpaired) electrons. The molecule has 0 saturated carbocycles. The number of rotatable bonds is 11. The van der Waals surface area contributed by atoms with Crippen molar-refractivity contribution in [3.8, 4) is 17.2 Å². The smallest absolute Gasteiger partial charge is 0.191 e. The van der Waals surface area contributed by atoms with E-state index in [2.05, 4.69) is 31.9 Å². The number of guanidine groups is 1. The number of hydrogen-bond donors (Lipinski definition) is 2. The van der Waals surface area contributed by atoms with Crippen LogP contribution in [0.4, 0.5) is 0 Å². The van der Waals surface area contributed by atoms with Crippen molar-refractivity contribution in [2.24, 2.45) is 4.99 Å². The van der Waals surface area contributed by atoms with E-state index in [1.165, 1.54) is 5.56 Å². The van der Waals surface area contributed by atoms with Crippen LogP contribution in [0, 0.1) is 0 Å². The molecule has 2 aromatic carbocycles. The van der Waals surface area contributed by atoms with E-state index in [4.69, 9.17) is 9.47 Å². The molecular formula is C24H32N6O2. The first-order valence-electron chi connectivity index (χ1n) is 11.1. The fraction of sp³-hybridized carbons (Fsp3) is 0.375. The van der Waals surface area contributed by atoms with E-state index in [0.717, 1.165) is 48.5 Å². The lowest BCUT2D eigenvalue weighted by Gasteiger charge is -2.14. The van der Waals surface area contributed by atoms with Crippen LogP contribution in [0.3, 0.4) is 0 Å². The second-order valence-electron chi connectivity index (χ2n) is 6.97. The molecule has 0 atom stereocenters. The van der Waals surface area contributed by atoms with Crippen LogP contribution in [-0.2, 0) is 13.0 Å². The number of aliphatic imine (C=N–C) groups is 1. The van der Waals surface area contributed by atoms with E-state index in [9.17, 15) is 0 Å². The summed E-state index contributed by atoms with van der Waals surface area (Å²) in [7, 11) is 0. The Labute approximate surface area is 189 Å². The van der Waals surface area contributed by atoms with Gasteiger partial charge in [-0.05, 0) is 57.0 Å². The molecule has 0 aliphatic carbocycles. The van der Waals surface area contributed by atoms with E-state index in [1.807, 2.05) is 67.8 Å². The summed E-state index contributed by atoms with van der Waals surface area (Å²) in [6, 6.07) is 16.1. The minimum Gasteiger partial charge on any atom is -0.490 e. The molecule has 8 nitrogen and oxygen atoms in total. The van der Waals surface area contributed by atoms with Gasteiger partial charge in [0.2, 0.25) is 0 Å². The highest BCUT2D eigenvalue weighted by Crippen LogP contribution is 2.28. The fourth-order valence-corrected chi connectivity index (χ4v) is 3.24. The summed E-state index contributed by atoms with van der Waals surface area (Å²) < 4.78 is 13.3. The van der Waals surface area contributed by atoms with Gasteiger partial charge >= 0.3 is 0 Å². The molecular weight excluding hydrogens is 404 g/mol. The first-order valence-corrected chi connectivity index (χ1v) is 11.1. The Hall–Kier alpha value is -3.55. The Morgan fingerprint density at radius 1 is 0.969 bits per heavy atom.